The molecule has 2 heterocycles. The summed E-state index contributed by atoms with van der Waals surface area (Å²) < 4.78 is 40.6. The van der Waals surface area contributed by atoms with Crippen molar-refractivity contribution in [2.45, 2.75) is 38.4 Å². The van der Waals surface area contributed by atoms with Crippen molar-refractivity contribution in [3.05, 3.63) is 46.3 Å². The van der Waals surface area contributed by atoms with Crippen molar-refractivity contribution in [3.63, 3.8) is 0 Å². The van der Waals surface area contributed by atoms with E-state index in [0.717, 1.165) is 37.6 Å². The maximum Gasteiger partial charge on any atom is 0.416 e. The number of carbonyl (C=O) groups is 1. The number of carbonyl (C=O) groups excluding carboxylic acids is 1. The first-order chi connectivity index (χ1) is 13.7. The van der Waals surface area contributed by atoms with Crippen LogP contribution in [0.15, 0.2) is 30.6 Å². The molecule has 0 bridgehead atoms. The Hall–Kier alpha value is -3.11. The van der Waals surface area contributed by atoms with E-state index in [1.165, 1.54) is 16.9 Å². The summed E-state index contributed by atoms with van der Waals surface area (Å²) in [6.45, 7) is 1.49. The fraction of sp³-hybridized carbons (Fsp3) is 0.444. The van der Waals surface area contributed by atoms with Crippen LogP contribution in [0.2, 0.25) is 0 Å². The predicted molar refractivity (Wildman–Crippen MR) is 99.6 cm³/mol. The van der Waals surface area contributed by atoms with Crippen LogP contribution in [-0.2, 0) is 17.5 Å². The van der Waals surface area contributed by atoms with E-state index in [4.69, 9.17) is 0 Å². The first-order valence-electron chi connectivity index (χ1n) is 9.17. The monoisotopic (exact) mass is 411 g/mol. The van der Waals surface area contributed by atoms with Gasteiger partial charge >= 0.3 is 11.9 Å². The van der Waals surface area contributed by atoms with Crippen molar-refractivity contribution in [3.8, 4) is 0 Å². The maximum atomic E-state index is 13.1. The van der Waals surface area contributed by atoms with Gasteiger partial charge in [0.2, 0.25) is 5.91 Å². The molecule has 1 aromatic heterocycles. The number of nitrogens with one attached hydrogen (secondary N) is 1. The molecule has 1 amide bonds. The minimum Gasteiger partial charge on any atom is -0.370 e. The highest BCUT2D eigenvalue weighted by atomic mass is 19.4. The Bertz CT molecular complexity index is 891. The van der Waals surface area contributed by atoms with Gasteiger partial charge in [0.25, 0.3) is 0 Å². The number of benzene rings is 1. The normalized spacial score (nSPS) is 14.7. The molecule has 0 spiro atoms. The molecule has 0 radical (unpaired) electrons. The molecule has 156 valence electrons. The molecule has 1 aromatic carbocycles. The molecule has 2 aromatic rings. The molecular weight excluding hydrogens is 391 g/mol. The lowest BCUT2D eigenvalue weighted by atomic mass is 10.1. The van der Waals surface area contributed by atoms with Gasteiger partial charge in [0.15, 0.2) is 0 Å². The van der Waals surface area contributed by atoms with Crippen molar-refractivity contribution in [2.24, 2.45) is 0 Å². The van der Waals surface area contributed by atoms with Crippen molar-refractivity contribution >= 4 is 23.0 Å². The number of hydrogen-bond acceptors (Lipinski definition) is 5. The van der Waals surface area contributed by atoms with Gasteiger partial charge in [-0.25, -0.2) is 0 Å². The lowest BCUT2D eigenvalue weighted by molar-refractivity contribution is -0.385. The van der Waals surface area contributed by atoms with Gasteiger partial charge in [-0.2, -0.15) is 18.3 Å². The fourth-order valence-electron chi connectivity index (χ4n) is 3.22. The maximum absolute atomic E-state index is 13.1. The Morgan fingerprint density at radius 1 is 1.24 bits per heavy atom. The average molecular weight is 411 g/mol. The number of alkyl halides is 3. The molecule has 29 heavy (non-hydrogen) atoms. The van der Waals surface area contributed by atoms with Gasteiger partial charge in [0.05, 0.1) is 21.9 Å². The zero-order chi connectivity index (χ0) is 21.0. The zero-order valence-corrected chi connectivity index (χ0v) is 15.5. The number of nitrogens with zero attached hydrogens (tertiary/aromatic N) is 4. The quantitative estimate of drug-likeness (QED) is 0.576. The number of rotatable bonds is 6. The van der Waals surface area contributed by atoms with Crippen molar-refractivity contribution in [1.82, 2.24) is 9.78 Å². The summed E-state index contributed by atoms with van der Waals surface area (Å²) >= 11 is 0. The van der Waals surface area contributed by atoms with Crippen LogP contribution in [0, 0.1) is 10.1 Å². The molecular formula is C18H20F3N5O3. The Balaban J connectivity index is 1.73. The number of halogens is 3. The highest BCUT2D eigenvalue weighted by Gasteiger charge is 2.31. The van der Waals surface area contributed by atoms with Crippen molar-refractivity contribution < 1.29 is 22.9 Å². The third kappa shape index (κ3) is 5.24. The van der Waals surface area contributed by atoms with Crippen LogP contribution in [0.5, 0.6) is 0 Å². The third-order valence-corrected chi connectivity index (χ3v) is 4.69. The summed E-state index contributed by atoms with van der Waals surface area (Å²) in [6.07, 6.45) is 0.589. The van der Waals surface area contributed by atoms with E-state index in [1.807, 2.05) is 4.90 Å². The lowest BCUT2D eigenvalue weighted by Crippen LogP contribution is -2.30. The SMILES string of the molecule is O=C(CCn1cc([N+](=O)[O-])cn1)Nc1cc(C(F)(F)F)ccc1N1CCCCC1. The second-order valence-corrected chi connectivity index (χ2v) is 6.79. The highest BCUT2D eigenvalue weighted by molar-refractivity contribution is 5.94. The third-order valence-electron chi connectivity index (χ3n) is 4.69. The molecule has 8 nitrogen and oxygen atoms in total. The molecule has 1 saturated heterocycles. The van der Waals surface area contributed by atoms with Gasteiger partial charge in [0.1, 0.15) is 12.4 Å². The number of amides is 1. The van der Waals surface area contributed by atoms with Crippen LogP contribution in [-0.4, -0.2) is 33.7 Å². The summed E-state index contributed by atoms with van der Waals surface area (Å²) in [5, 5.41) is 17.0. The zero-order valence-electron chi connectivity index (χ0n) is 15.5. The van der Waals surface area contributed by atoms with E-state index < -0.39 is 22.6 Å². The minimum absolute atomic E-state index is 0.0671. The van der Waals surface area contributed by atoms with Crippen molar-refractivity contribution in [1.29, 1.82) is 0 Å². The fourth-order valence-corrected chi connectivity index (χ4v) is 3.22. The average Bonchev–Trinajstić information content (AvgIpc) is 3.16. The van der Waals surface area contributed by atoms with Crippen LogP contribution >= 0.6 is 0 Å². The Labute approximate surface area is 164 Å². The Morgan fingerprint density at radius 2 is 1.97 bits per heavy atom. The first-order valence-corrected chi connectivity index (χ1v) is 9.17. The van der Waals surface area contributed by atoms with Crippen LogP contribution < -0.4 is 10.2 Å². The lowest BCUT2D eigenvalue weighted by Gasteiger charge is -2.31. The smallest absolute Gasteiger partial charge is 0.370 e. The molecule has 0 atom stereocenters. The van der Waals surface area contributed by atoms with E-state index in [1.54, 1.807) is 0 Å². The van der Waals surface area contributed by atoms with Crippen LogP contribution in [0.3, 0.4) is 0 Å². The summed E-state index contributed by atoms with van der Waals surface area (Å²) in [5.41, 5.74) is -0.370. The van der Waals surface area contributed by atoms with Crippen LogP contribution in [0.1, 0.15) is 31.2 Å². The molecule has 3 rings (SSSR count). The summed E-state index contributed by atoms with van der Waals surface area (Å²) in [5.74, 6) is -0.499. The van der Waals surface area contributed by atoms with E-state index in [9.17, 15) is 28.1 Å². The largest absolute Gasteiger partial charge is 0.416 e. The van der Waals surface area contributed by atoms with E-state index in [-0.39, 0.29) is 24.3 Å². The summed E-state index contributed by atoms with van der Waals surface area (Å²) in [7, 11) is 0. The standard InChI is InChI=1S/C18H20F3N5O3/c19-18(20,21)13-4-5-16(24-7-2-1-3-8-24)15(10-13)23-17(27)6-9-25-12-14(11-22-25)26(28)29/h4-5,10-12H,1-3,6-9H2,(H,23,27). The highest BCUT2D eigenvalue weighted by Crippen LogP contribution is 2.36. The number of aryl methyl sites for hydroxylation is 1. The first kappa shape index (κ1) is 20.6. The Kier molecular flexibility index (Phi) is 6.04. The van der Waals surface area contributed by atoms with Gasteiger partial charge in [-0.05, 0) is 37.5 Å². The van der Waals surface area contributed by atoms with E-state index in [0.29, 0.717) is 18.8 Å². The number of anilines is 2. The summed E-state index contributed by atoms with van der Waals surface area (Å²) in [4.78, 5) is 24.4. The molecule has 1 fully saturated rings. The topological polar surface area (TPSA) is 93.3 Å². The number of nitro groups is 1. The number of aromatic nitrogens is 2. The van der Waals surface area contributed by atoms with Gasteiger partial charge in [0, 0.05) is 26.1 Å². The molecule has 1 N–H and O–H groups in total. The molecule has 0 aliphatic carbocycles. The van der Waals surface area contributed by atoms with Gasteiger partial charge in [-0.3, -0.25) is 19.6 Å². The van der Waals surface area contributed by atoms with Gasteiger partial charge < -0.3 is 10.2 Å². The molecule has 1 aliphatic heterocycles. The van der Waals surface area contributed by atoms with Crippen LogP contribution in [0.4, 0.5) is 30.2 Å². The van der Waals surface area contributed by atoms with E-state index in [2.05, 4.69) is 10.4 Å². The number of piperidine rings is 1. The number of hydrogen-bond donors (Lipinski definition) is 1. The molecule has 0 saturated carbocycles. The molecule has 0 unspecified atom stereocenters. The molecule has 11 heteroatoms. The van der Waals surface area contributed by atoms with E-state index >= 15 is 0 Å². The van der Waals surface area contributed by atoms with Crippen LogP contribution in [0.25, 0.3) is 0 Å². The molecule has 1 aliphatic rings. The van der Waals surface area contributed by atoms with Gasteiger partial charge in [-0.1, -0.05) is 0 Å². The second-order valence-electron chi connectivity index (χ2n) is 6.79. The van der Waals surface area contributed by atoms with Gasteiger partial charge in [-0.15, -0.1) is 0 Å². The summed E-state index contributed by atoms with van der Waals surface area (Å²) in [6, 6.07) is 3.35. The minimum atomic E-state index is -4.52. The predicted octanol–water partition coefficient (Wildman–Crippen LogP) is 3.83. The Morgan fingerprint density at radius 3 is 2.59 bits per heavy atom. The van der Waals surface area contributed by atoms with Crippen molar-refractivity contribution in [2.75, 3.05) is 23.3 Å². The second kappa shape index (κ2) is 8.50.